The van der Waals surface area contributed by atoms with Crippen LogP contribution in [0, 0.1) is 54.2 Å². The van der Waals surface area contributed by atoms with Gasteiger partial charge in [-0.1, -0.05) is 31.0 Å². The minimum Gasteiger partial charge on any atom is -0.399 e. The normalized spacial score (nSPS) is 20.7. The van der Waals surface area contributed by atoms with Crippen molar-refractivity contribution in [3.63, 3.8) is 0 Å². The average Bonchev–Trinajstić information content (AvgIpc) is 1.63. The van der Waals surface area contributed by atoms with E-state index in [0.717, 1.165) is 162 Å². The average molecular weight is 2120 g/mol. The molecule has 0 aliphatic carbocycles. The molecule has 6 aromatic rings. The number of anilines is 7. The molecule has 10 aliphatic heterocycles. The van der Waals surface area contributed by atoms with Crippen LogP contribution in [-0.4, -0.2) is 293 Å². The molecule has 0 unspecified atom stereocenters. The number of aliphatic hydroxyl groups excluding tert-OH is 4. The number of likely N-dealkylation sites (tertiary alicyclic amines) is 2. The largest absolute Gasteiger partial charge is 0.495 e. The lowest BCUT2D eigenvalue weighted by molar-refractivity contribution is -0.143. The van der Waals surface area contributed by atoms with Crippen molar-refractivity contribution >= 4 is 159 Å². The van der Waals surface area contributed by atoms with E-state index in [2.05, 4.69) is 105 Å². The fourth-order valence-electron chi connectivity index (χ4n) is 13.8. The predicted octanol–water partition coefficient (Wildman–Crippen LogP) is 9.94. The fraction of sp³-hybridized carbons (Fsp3) is 0.585. The van der Waals surface area contributed by atoms with Crippen LogP contribution in [0.15, 0.2) is 84.9 Å². The Labute approximate surface area is 774 Å². The summed E-state index contributed by atoms with van der Waals surface area (Å²) in [5, 5.41) is 55.8. The van der Waals surface area contributed by atoms with Crippen molar-refractivity contribution in [1.29, 1.82) is 0 Å². The van der Waals surface area contributed by atoms with Gasteiger partial charge in [-0.25, -0.2) is 24.5 Å². The Morgan fingerprint density at radius 2 is 0.944 bits per heavy atom. The number of urea groups is 2. The Bertz CT molecular complexity index is 4280. The van der Waals surface area contributed by atoms with E-state index in [1.165, 1.54) is 11.0 Å². The number of pyridine rings is 4. The zero-order chi connectivity index (χ0) is 88.1. The summed E-state index contributed by atoms with van der Waals surface area (Å²) in [6.07, 6.45) is -2.52. The van der Waals surface area contributed by atoms with Crippen molar-refractivity contribution < 1.29 is 98.8 Å². The van der Waals surface area contributed by atoms with Gasteiger partial charge in [-0.2, -0.15) is 44.8 Å². The first-order chi connectivity index (χ1) is 58.0. The van der Waals surface area contributed by atoms with Crippen LogP contribution in [0.3, 0.4) is 0 Å². The molecule has 0 radical (unpaired) electrons. The van der Waals surface area contributed by atoms with Crippen molar-refractivity contribution in [2.75, 3.05) is 221 Å². The number of nitrogens with one attached hydrogen (secondary N) is 6. The van der Waals surface area contributed by atoms with E-state index in [9.17, 15) is 51.3 Å². The number of carbonyl (C=O) groups excluding carboxylic acids is 2. The number of alkyl halides is 3. The smallest absolute Gasteiger partial charge is 0.399 e. The zero-order valence-electron chi connectivity index (χ0n) is 70.7. The second-order valence-electron chi connectivity index (χ2n) is 32.8. The number of carbonyl (C=O) groups is 2. The van der Waals surface area contributed by atoms with Gasteiger partial charge in [-0.15, -0.1) is 12.4 Å². The van der Waals surface area contributed by atoms with E-state index in [1.54, 1.807) is 18.2 Å². The molecule has 10 fully saturated rings. The molecule has 0 bridgehead atoms. The molecule has 2 atom stereocenters. The van der Waals surface area contributed by atoms with Crippen molar-refractivity contribution in [1.82, 2.24) is 35.1 Å². The number of aliphatic hydroxyl groups is 4. The quantitative estimate of drug-likeness (QED) is 0.0165. The number of nitrogens with zero attached hydrogens (tertiary/aromatic N) is 8. The summed E-state index contributed by atoms with van der Waals surface area (Å²) < 4.78 is 126. The summed E-state index contributed by atoms with van der Waals surface area (Å²) in [7, 11) is -0.556. The third-order valence-electron chi connectivity index (χ3n) is 22.1. The maximum absolute atomic E-state index is 13.0. The highest BCUT2D eigenvalue weighted by atomic mass is 127. The first-order valence-corrected chi connectivity index (χ1v) is 43.9. The second kappa shape index (κ2) is 47.8. The number of benzene rings is 2. The van der Waals surface area contributed by atoms with E-state index in [-0.39, 0.29) is 70.4 Å². The lowest BCUT2D eigenvalue weighted by Gasteiger charge is -2.41. The van der Waals surface area contributed by atoms with Gasteiger partial charge < -0.3 is 120 Å². The lowest BCUT2D eigenvalue weighted by Crippen LogP contribution is -2.60. The first-order valence-electron chi connectivity index (χ1n) is 40.6. The number of hydrogen-bond acceptors (Lipinski definition) is 26. The molecule has 2 aromatic carbocycles. The molecule has 688 valence electrons. The molecule has 12 N–H and O–H groups in total. The second-order valence-corrected chi connectivity index (χ2v) is 36.5. The van der Waals surface area contributed by atoms with E-state index in [1.807, 2.05) is 121 Å². The van der Waals surface area contributed by atoms with Crippen LogP contribution in [-0.2, 0) is 42.5 Å². The third-order valence-corrected chi connectivity index (χ3v) is 24.0. The Morgan fingerprint density at radius 3 is 1.33 bits per heavy atom. The monoisotopic (exact) mass is 2120 g/mol. The summed E-state index contributed by atoms with van der Waals surface area (Å²) in [5.74, 6) is 1.69. The number of morpholine rings is 3. The Kier molecular flexibility index (Phi) is 40.1. The summed E-state index contributed by atoms with van der Waals surface area (Å²) in [5.41, 5.74) is 8.94. The third kappa shape index (κ3) is 30.5. The van der Waals surface area contributed by atoms with Crippen LogP contribution in [0.2, 0.25) is 0 Å². The fourth-order valence-corrected chi connectivity index (χ4v) is 15.5. The van der Waals surface area contributed by atoms with Gasteiger partial charge in [0.05, 0.1) is 136 Å². The van der Waals surface area contributed by atoms with Gasteiger partial charge in [0, 0.05) is 112 Å². The first kappa shape index (κ1) is 104. The van der Waals surface area contributed by atoms with Gasteiger partial charge in [-0.05, 0) is 211 Å². The molecule has 14 heterocycles. The molecule has 30 nitrogen and oxygen atoms in total. The SMILES string of the molecule is C1COCCN1.CC[C@@H]1CCN(C(=O)Nc2ccc(C)c(-c3cc(NC4(CO)COC4)nc(N4CCOCC4)c3)c2)C1.Cc1ccc(NC(=O)N2CC[C@@H](CC(F)(F)F)C2)cc1B1OC(C)(C)C(C)(C)O1.Cl.Fc1cc(I)cc(F)n1.NC1(CO)COC1.OCC1(Nc2cc(I)cc(F)n2)COC1.OCC1(Nc2cc(I)cc(N3CCOCC3)n2)COC1.S. The molecule has 4 aromatic heterocycles. The molecule has 0 saturated carbocycles. The summed E-state index contributed by atoms with van der Waals surface area (Å²) >= 11 is 6.11. The maximum Gasteiger partial charge on any atom is 0.495 e. The highest BCUT2D eigenvalue weighted by Crippen LogP contribution is 2.39. The standard InChI is InChI=1S/C27H37N5O4.C20H28BF3N2O3.C13H18IN3O3.C9H10FIN2O2.C5H2F2IN.C4H9NO2.C4H9NO.ClH.H2S/c1-3-20-6-7-32(15-20)26(34)28-22-5-4-19(2)23(14-22)21-12-24(30-27(16-33)17-36-18-27)29-25(13-21)31-8-10-35-11-9-31;1-13-6-7-15(10-16(13)21-28-18(2,3)19(4,5)29-21)25-17(27)26-9-8-14(12-26)11-20(22,23)24;14-10-5-11(16-13(7-18)8-20-9-13)15-12(6-10)17-1-3-19-4-2-17;10-7-1-6(11)2-8(12-7)13-9(3-14)4-15-5-9;6-4-1-3(8)2-5(7)9-4;5-4(1-6)2-7-3-4;1-3-6-4-2-5-1;;/h4-5,12-14,20,33H,3,6-11,15-18H2,1-2H3,(H,28,34)(H,29,30);6-7,10,14H,8-9,11-12H2,1-5H3,(H,25,27);5-6,18H,1-4,7-9H2,(H,15,16);1-2,14H,3-5H2,(H,12,13);1-2H;6H,1-3,5H2;5H,1-4H2;1H;1H2/t20-;14-;;;;;;;/m10......./s1. The molecule has 16 rings (SSSR count). The van der Waals surface area contributed by atoms with Gasteiger partial charge >= 0.3 is 25.4 Å². The summed E-state index contributed by atoms with van der Waals surface area (Å²) in [4.78, 5) is 49.3. The van der Waals surface area contributed by atoms with Crippen molar-refractivity contribution in [2.45, 2.75) is 114 Å². The van der Waals surface area contributed by atoms with E-state index >= 15 is 0 Å². The minimum absolute atomic E-state index is 0. The van der Waals surface area contributed by atoms with Gasteiger partial charge in [0.2, 0.25) is 17.8 Å². The molecular formula is C82H116BClF6I3N15O15S. The lowest BCUT2D eigenvalue weighted by atomic mass is 9.76. The highest BCUT2D eigenvalue weighted by molar-refractivity contribution is 14.1. The minimum atomic E-state index is -4.20. The van der Waals surface area contributed by atoms with E-state index in [0.29, 0.717) is 106 Å². The van der Waals surface area contributed by atoms with Gasteiger partial charge in [0.15, 0.2) is 0 Å². The van der Waals surface area contributed by atoms with Crippen LogP contribution in [0.5, 0.6) is 0 Å². The number of nitrogens with two attached hydrogens (primary N) is 1. The Hall–Kier alpha value is -5.55. The maximum atomic E-state index is 13.0. The Morgan fingerprint density at radius 1 is 0.532 bits per heavy atom. The van der Waals surface area contributed by atoms with Gasteiger partial charge in [0.25, 0.3) is 0 Å². The number of hydrogen-bond donors (Lipinski definition) is 11. The van der Waals surface area contributed by atoms with Crippen molar-refractivity contribution in [2.24, 2.45) is 17.6 Å². The molecular weight excluding hydrogens is 2010 g/mol. The molecule has 0 spiro atoms. The van der Waals surface area contributed by atoms with Crippen LogP contribution in [0.25, 0.3) is 11.1 Å². The number of aryl methyl sites for hydroxylation is 2. The van der Waals surface area contributed by atoms with Crippen LogP contribution < -0.4 is 52.9 Å². The van der Waals surface area contributed by atoms with Gasteiger partial charge in [0.1, 0.15) is 45.7 Å². The molecule has 4 amide bonds. The van der Waals surface area contributed by atoms with E-state index < -0.39 is 77.3 Å². The molecule has 10 aliphatic rings. The molecule has 124 heavy (non-hydrogen) atoms. The van der Waals surface area contributed by atoms with Crippen LogP contribution in [0.4, 0.5) is 76.4 Å². The highest BCUT2D eigenvalue weighted by Gasteiger charge is 2.52. The summed E-state index contributed by atoms with van der Waals surface area (Å²) in [6, 6.07) is 24.6. The number of aromatic nitrogens is 4. The number of halogens is 10. The predicted molar refractivity (Wildman–Crippen MR) is 495 cm³/mol. The van der Waals surface area contributed by atoms with Crippen molar-refractivity contribution in [3.05, 3.63) is 125 Å². The number of amides is 4. The number of rotatable bonds is 18. The zero-order valence-corrected chi connectivity index (χ0v) is 79.0. The summed E-state index contributed by atoms with van der Waals surface area (Å²) in [6.45, 7) is 29.8. The molecule has 42 heteroatoms. The van der Waals surface area contributed by atoms with Crippen LogP contribution in [0.1, 0.15) is 71.4 Å². The topological polar surface area (TPSA) is 361 Å². The van der Waals surface area contributed by atoms with E-state index in [4.69, 9.17) is 58.3 Å². The molecule has 10 saturated heterocycles. The van der Waals surface area contributed by atoms with Crippen LogP contribution >= 0.6 is 93.7 Å². The van der Waals surface area contributed by atoms with Crippen molar-refractivity contribution in [3.8, 4) is 11.1 Å². The van der Waals surface area contributed by atoms with Gasteiger partial charge in [-0.3, -0.25) is 0 Å². The number of ether oxygens (including phenoxy) is 7. The Balaban J connectivity index is 0.000000193.